The Hall–Kier alpha value is -2.28. The number of hydrogen-bond donors (Lipinski definition) is 2. The van der Waals surface area contributed by atoms with Gasteiger partial charge in [-0.15, -0.1) is 0 Å². The number of hydrogen-bond acceptors (Lipinski definition) is 2. The van der Waals surface area contributed by atoms with E-state index in [2.05, 4.69) is 10.9 Å². The standard InChI is InChI=1S/C15H11ClF4N2O/c16-11-5-3-6-12(17)9(11)8-14(23)22-21-13-7-2-1-4-10(13)15(18,19)20/h1-7,21H,8H2,(H,22,23). The van der Waals surface area contributed by atoms with E-state index in [4.69, 9.17) is 11.6 Å². The molecule has 2 rings (SSSR count). The fourth-order valence-corrected chi connectivity index (χ4v) is 2.11. The second-order valence-corrected chi connectivity index (χ2v) is 5.00. The molecule has 0 spiro atoms. The first kappa shape index (κ1) is 17.1. The second kappa shape index (κ2) is 6.87. The van der Waals surface area contributed by atoms with Crippen LogP contribution in [0.4, 0.5) is 23.2 Å². The number of alkyl halides is 3. The van der Waals surface area contributed by atoms with Crippen LogP contribution in [-0.4, -0.2) is 5.91 Å². The van der Waals surface area contributed by atoms with Crippen molar-refractivity contribution in [3.63, 3.8) is 0 Å². The van der Waals surface area contributed by atoms with Crippen molar-refractivity contribution in [1.82, 2.24) is 5.43 Å². The van der Waals surface area contributed by atoms with Crippen LogP contribution in [0.2, 0.25) is 5.02 Å². The highest BCUT2D eigenvalue weighted by Gasteiger charge is 2.33. The molecule has 0 heterocycles. The van der Waals surface area contributed by atoms with Crippen LogP contribution in [0, 0.1) is 5.82 Å². The molecule has 0 aliphatic carbocycles. The number of nitrogens with one attached hydrogen (secondary N) is 2. The van der Waals surface area contributed by atoms with Crippen LogP contribution in [0.15, 0.2) is 42.5 Å². The molecule has 0 fully saturated rings. The summed E-state index contributed by atoms with van der Waals surface area (Å²) in [6.07, 6.45) is -4.98. The first-order valence-corrected chi connectivity index (χ1v) is 6.81. The molecule has 2 N–H and O–H groups in total. The van der Waals surface area contributed by atoms with E-state index in [1.165, 1.54) is 30.3 Å². The molecule has 0 unspecified atom stereocenters. The Bertz CT molecular complexity index is 699. The Morgan fingerprint density at radius 2 is 1.78 bits per heavy atom. The molecule has 0 radical (unpaired) electrons. The molecule has 1 amide bonds. The van der Waals surface area contributed by atoms with Gasteiger partial charge in [-0.2, -0.15) is 13.2 Å². The molecule has 0 saturated heterocycles. The smallest absolute Gasteiger partial charge is 0.298 e. The molecule has 0 aliphatic rings. The van der Waals surface area contributed by atoms with Crippen LogP contribution in [0.25, 0.3) is 0 Å². The van der Waals surface area contributed by atoms with E-state index in [0.717, 1.165) is 12.1 Å². The Morgan fingerprint density at radius 3 is 2.43 bits per heavy atom. The zero-order valence-corrected chi connectivity index (χ0v) is 12.3. The minimum Gasteiger partial charge on any atom is -0.298 e. The van der Waals surface area contributed by atoms with E-state index >= 15 is 0 Å². The Labute approximate surface area is 134 Å². The maximum Gasteiger partial charge on any atom is 0.418 e. The monoisotopic (exact) mass is 346 g/mol. The molecule has 2 aromatic rings. The molecule has 23 heavy (non-hydrogen) atoms. The lowest BCUT2D eigenvalue weighted by atomic mass is 10.1. The highest BCUT2D eigenvalue weighted by molar-refractivity contribution is 6.31. The summed E-state index contributed by atoms with van der Waals surface area (Å²) in [5.41, 5.74) is 3.03. The average Bonchev–Trinajstić information content (AvgIpc) is 2.48. The first-order valence-electron chi connectivity index (χ1n) is 6.43. The normalized spacial score (nSPS) is 11.2. The number of carbonyl (C=O) groups excluding carboxylic acids is 1. The highest BCUT2D eigenvalue weighted by atomic mass is 35.5. The van der Waals surface area contributed by atoms with Gasteiger partial charge < -0.3 is 0 Å². The van der Waals surface area contributed by atoms with Gasteiger partial charge in [0.15, 0.2) is 0 Å². The van der Waals surface area contributed by atoms with Gasteiger partial charge in [-0.1, -0.05) is 29.8 Å². The summed E-state index contributed by atoms with van der Waals surface area (Å²) in [6, 6.07) is 8.60. The summed E-state index contributed by atoms with van der Waals surface area (Å²) in [6.45, 7) is 0. The van der Waals surface area contributed by atoms with Gasteiger partial charge in [0.1, 0.15) is 5.82 Å². The highest BCUT2D eigenvalue weighted by Crippen LogP contribution is 2.34. The largest absolute Gasteiger partial charge is 0.418 e. The van der Waals surface area contributed by atoms with Crippen molar-refractivity contribution in [2.75, 3.05) is 5.43 Å². The van der Waals surface area contributed by atoms with Crippen molar-refractivity contribution >= 4 is 23.2 Å². The fraction of sp³-hybridized carbons (Fsp3) is 0.133. The van der Waals surface area contributed by atoms with E-state index in [9.17, 15) is 22.4 Å². The third-order valence-corrected chi connectivity index (χ3v) is 3.32. The lowest BCUT2D eigenvalue weighted by Crippen LogP contribution is -2.32. The minimum atomic E-state index is -4.57. The minimum absolute atomic E-state index is 0.0300. The number of para-hydroxylation sites is 1. The van der Waals surface area contributed by atoms with E-state index < -0.39 is 29.9 Å². The van der Waals surface area contributed by atoms with Crippen molar-refractivity contribution in [3.05, 3.63) is 64.4 Å². The summed E-state index contributed by atoms with van der Waals surface area (Å²) in [5, 5.41) is 0.0656. The zero-order chi connectivity index (χ0) is 17.0. The van der Waals surface area contributed by atoms with Gasteiger partial charge in [-0.25, -0.2) is 4.39 Å². The number of amides is 1. The van der Waals surface area contributed by atoms with Gasteiger partial charge in [0.05, 0.1) is 17.7 Å². The Balaban J connectivity index is 2.06. The van der Waals surface area contributed by atoms with Gasteiger partial charge >= 0.3 is 6.18 Å². The Kier molecular flexibility index (Phi) is 5.10. The van der Waals surface area contributed by atoms with Crippen LogP contribution in [0.3, 0.4) is 0 Å². The number of anilines is 1. The van der Waals surface area contributed by atoms with Crippen LogP contribution >= 0.6 is 11.6 Å². The van der Waals surface area contributed by atoms with Crippen molar-refractivity contribution in [2.24, 2.45) is 0 Å². The van der Waals surface area contributed by atoms with Gasteiger partial charge in [0, 0.05) is 10.6 Å². The second-order valence-electron chi connectivity index (χ2n) is 4.59. The lowest BCUT2D eigenvalue weighted by molar-refractivity contribution is -0.137. The van der Waals surface area contributed by atoms with Crippen molar-refractivity contribution < 1.29 is 22.4 Å². The fourth-order valence-electron chi connectivity index (χ4n) is 1.88. The average molecular weight is 347 g/mol. The van der Waals surface area contributed by atoms with E-state index in [1.54, 1.807) is 0 Å². The van der Waals surface area contributed by atoms with Crippen molar-refractivity contribution in [3.8, 4) is 0 Å². The van der Waals surface area contributed by atoms with Crippen LogP contribution in [0.1, 0.15) is 11.1 Å². The number of carbonyl (C=O) groups is 1. The summed E-state index contributed by atoms with van der Waals surface area (Å²) in [4.78, 5) is 11.8. The maximum absolute atomic E-state index is 13.6. The summed E-state index contributed by atoms with van der Waals surface area (Å²) >= 11 is 5.79. The quantitative estimate of drug-likeness (QED) is 0.644. The predicted octanol–water partition coefficient (Wildman–Crippen LogP) is 4.18. The number of hydrazine groups is 1. The molecule has 0 atom stereocenters. The summed E-state index contributed by atoms with van der Waals surface area (Å²) in [7, 11) is 0. The molecule has 0 aliphatic heterocycles. The lowest BCUT2D eigenvalue weighted by Gasteiger charge is -2.15. The first-order chi connectivity index (χ1) is 10.8. The van der Waals surface area contributed by atoms with Gasteiger partial charge in [-0.3, -0.25) is 15.6 Å². The third-order valence-electron chi connectivity index (χ3n) is 2.97. The van der Waals surface area contributed by atoms with E-state index in [0.29, 0.717) is 0 Å². The molecule has 8 heteroatoms. The number of halogens is 5. The van der Waals surface area contributed by atoms with Gasteiger partial charge in [0.25, 0.3) is 0 Å². The summed E-state index contributed by atoms with van der Waals surface area (Å²) < 4.78 is 52.0. The molecule has 0 bridgehead atoms. The molecule has 2 aromatic carbocycles. The SMILES string of the molecule is O=C(Cc1c(F)cccc1Cl)NNc1ccccc1C(F)(F)F. The van der Waals surface area contributed by atoms with Crippen LogP contribution < -0.4 is 10.9 Å². The summed E-state index contributed by atoms with van der Waals surface area (Å²) in [5.74, 6) is -1.39. The van der Waals surface area contributed by atoms with E-state index in [1.807, 2.05) is 0 Å². The number of benzene rings is 2. The van der Waals surface area contributed by atoms with Gasteiger partial charge in [0.2, 0.25) is 5.91 Å². The van der Waals surface area contributed by atoms with Crippen LogP contribution in [0.5, 0.6) is 0 Å². The topological polar surface area (TPSA) is 41.1 Å². The molecular formula is C15H11ClF4N2O. The van der Waals surface area contributed by atoms with Crippen molar-refractivity contribution in [2.45, 2.75) is 12.6 Å². The van der Waals surface area contributed by atoms with Crippen LogP contribution in [-0.2, 0) is 17.4 Å². The number of rotatable bonds is 4. The third kappa shape index (κ3) is 4.35. The molecule has 0 aromatic heterocycles. The zero-order valence-electron chi connectivity index (χ0n) is 11.5. The maximum atomic E-state index is 13.6. The molecule has 3 nitrogen and oxygen atoms in total. The predicted molar refractivity (Wildman–Crippen MR) is 78.3 cm³/mol. The van der Waals surface area contributed by atoms with Gasteiger partial charge in [-0.05, 0) is 24.3 Å². The molecule has 0 saturated carbocycles. The Morgan fingerprint density at radius 1 is 1.09 bits per heavy atom. The molecular weight excluding hydrogens is 336 g/mol. The van der Waals surface area contributed by atoms with E-state index in [-0.39, 0.29) is 16.3 Å². The molecule has 122 valence electrons. The van der Waals surface area contributed by atoms with Crippen molar-refractivity contribution in [1.29, 1.82) is 0 Å².